The SMILES string of the molecule is COc1cc(OC)cc(C(=O)NCC(=O)OCc2cc3c(cc2Br)OCCO3)c1. The molecule has 8 nitrogen and oxygen atoms in total. The van der Waals surface area contributed by atoms with Gasteiger partial charge in [0.25, 0.3) is 5.91 Å². The minimum atomic E-state index is -0.574. The zero-order chi connectivity index (χ0) is 20.8. The molecule has 1 aliphatic heterocycles. The van der Waals surface area contributed by atoms with Crippen LogP contribution in [0.2, 0.25) is 0 Å². The van der Waals surface area contributed by atoms with Crippen molar-refractivity contribution in [3.63, 3.8) is 0 Å². The van der Waals surface area contributed by atoms with Crippen molar-refractivity contribution in [2.75, 3.05) is 34.0 Å². The predicted octanol–water partition coefficient (Wildman–Crippen LogP) is 2.71. The Morgan fingerprint density at radius 2 is 1.62 bits per heavy atom. The number of carbonyl (C=O) groups is 2. The molecule has 1 N–H and O–H groups in total. The number of halogens is 1. The Morgan fingerprint density at radius 3 is 2.24 bits per heavy atom. The van der Waals surface area contributed by atoms with Crippen LogP contribution in [0.15, 0.2) is 34.8 Å². The van der Waals surface area contributed by atoms with Crippen LogP contribution in [0.5, 0.6) is 23.0 Å². The summed E-state index contributed by atoms with van der Waals surface area (Å²) < 4.78 is 27.3. The average molecular weight is 466 g/mol. The maximum absolute atomic E-state index is 12.3. The van der Waals surface area contributed by atoms with E-state index in [4.69, 9.17) is 23.7 Å². The van der Waals surface area contributed by atoms with E-state index in [0.29, 0.717) is 41.8 Å². The van der Waals surface area contributed by atoms with E-state index in [9.17, 15) is 9.59 Å². The number of fused-ring (bicyclic) bond motifs is 1. The molecule has 0 saturated carbocycles. The molecule has 0 radical (unpaired) electrons. The number of rotatable bonds is 7. The van der Waals surface area contributed by atoms with Gasteiger partial charge in [0.1, 0.15) is 37.9 Å². The van der Waals surface area contributed by atoms with E-state index < -0.39 is 11.9 Å². The van der Waals surface area contributed by atoms with E-state index in [2.05, 4.69) is 21.2 Å². The van der Waals surface area contributed by atoms with Gasteiger partial charge in [0.05, 0.1) is 14.2 Å². The topological polar surface area (TPSA) is 92.3 Å². The molecule has 2 aromatic carbocycles. The first-order chi connectivity index (χ1) is 14.0. The Bertz CT molecular complexity index is 894. The number of nitrogens with one attached hydrogen (secondary N) is 1. The first kappa shape index (κ1) is 20.8. The van der Waals surface area contributed by atoms with E-state index in [1.807, 2.05) is 0 Å². The second-order valence-electron chi connectivity index (χ2n) is 6.03. The number of carbonyl (C=O) groups excluding carboxylic acids is 2. The van der Waals surface area contributed by atoms with Crippen LogP contribution in [0.25, 0.3) is 0 Å². The summed E-state index contributed by atoms with van der Waals surface area (Å²) in [6, 6.07) is 8.28. The predicted molar refractivity (Wildman–Crippen MR) is 107 cm³/mol. The lowest BCUT2D eigenvalue weighted by Gasteiger charge is -2.19. The molecule has 0 aromatic heterocycles. The molecule has 3 rings (SSSR count). The van der Waals surface area contributed by atoms with Crippen molar-refractivity contribution in [3.05, 3.63) is 45.9 Å². The van der Waals surface area contributed by atoms with Gasteiger partial charge >= 0.3 is 5.97 Å². The lowest BCUT2D eigenvalue weighted by Crippen LogP contribution is -2.30. The molecule has 0 fully saturated rings. The summed E-state index contributed by atoms with van der Waals surface area (Å²) in [6.07, 6.45) is 0. The zero-order valence-corrected chi connectivity index (χ0v) is 17.5. The monoisotopic (exact) mass is 465 g/mol. The second kappa shape index (κ2) is 9.51. The summed E-state index contributed by atoms with van der Waals surface area (Å²) in [6.45, 7) is 0.709. The Balaban J connectivity index is 1.54. The van der Waals surface area contributed by atoms with Gasteiger partial charge in [-0.25, -0.2) is 0 Å². The highest BCUT2D eigenvalue weighted by Gasteiger charge is 2.16. The Kier molecular flexibility index (Phi) is 6.82. The largest absolute Gasteiger partial charge is 0.497 e. The van der Waals surface area contributed by atoms with Crippen molar-refractivity contribution in [2.45, 2.75) is 6.61 Å². The fourth-order valence-electron chi connectivity index (χ4n) is 2.62. The highest BCUT2D eigenvalue weighted by Crippen LogP contribution is 2.35. The third-order valence-corrected chi connectivity index (χ3v) is 4.85. The summed E-state index contributed by atoms with van der Waals surface area (Å²) in [4.78, 5) is 24.3. The number of esters is 1. The number of amides is 1. The van der Waals surface area contributed by atoms with Gasteiger partial charge in [-0.15, -0.1) is 0 Å². The standard InChI is InChI=1S/C20H20BrNO7/c1-25-14-5-12(6-15(8-14)26-2)20(24)22-10-19(23)29-11-13-7-17-18(9-16(13)21)28-4-3-27-17/h5-9H,3-4,10-11H2,1-2H3,(H,22,24). The van der Waals surface area contributed by atoms with E-state index in [1.54, 1.807) is 30.3 Å². The summed E-state index contributed by atoms with van der Waals surface area (Å²) in [7, 11) is 2.98. The molecule has 0 saturated heterocycles. The zero-order valence-electron chi connectivity index (χ0n) is 16.0. The quantitative estimate of drug-likeness (QED) is 0.628. The molecule has 1 amide bonds. The lowest BCUT2D eigenvalue weighted by atomic mass is 10.2. The van der Waals surface area contributed by atoms with Gasteiger partial charge in [-0.05, 0) is 24.3 Å². The van der Waals surface area contributed by atoms with Crippen molar-refractivity contribution in [3.8, 4) is 23.0 Å². The lowest BCUT2D eigenvalue weighted by molar-refractivity contribution is -0.143. The first-order valence-electron chi connectivity index (χ1n) is 8.75. The normalized spacial score (nSPS) is 12.1. The molecule has 0 atom stereocenters. The minimum absolute atomic E-state index is 0.0267. The molecule has 0 bridgehead atoms. The number of ether oxygens (including phenoxy) is 5. The molecule has 1 aliphatic rings. The number of hydrogen-bond donors (Lipinski definition) is 1. The fourth-order valence-corrected chi connectivity index (χ4v) is 3.06. The number of hydrogen-bond acceptors (Lipinski definition) is 7. The first-order valence-corrected chi connectivity index (χ1v) is 9.54. The summed E-state index contributed by atoms with van der Waals surface area (Å²) >= 11 is 3.43. The van der Waals surface area contributed by atoms with E-state index in [0.717, 1.165) is 10.0 Å². The fraction of sp³-hybridized carbons (Fsp3) is 0.300. The third-order valence-electron chi connectivity index (χ3n) is 4.11. The number of benzene rings is 2. The second-order valence-corrected chi connectivity index (χ2v) is 6.89. The van der Waals surface area contributed by atoms with Gasteiger partial charge in [-0.2, -0.15) is 0 Å². The van der Waals surface area contributed by atoms with Crippen molar-refractivity contribution >= 4 is 27.8 Å². The maximum Gasteiger partial charge on any atom is 0.325 e. The molecule has 29 heavy (non-hydrogen) atoms. The van der Waals surface area contributed by atoms with Crippen molar-refractivity contribution in [1.29, 1.82) is 0 Å². The Hall–Kier alpha value is -2.94. The van der Waals surface area contributed by atoms with Gasteiger partial charge in [0.2, 0.25) is 0 Å². The molecule has 9 heteroatoms. The van der Waals surface area contributed by atoms with Gasteiger partial charge in [-0.3, -0.25) is 9.59 Å². The number of methoxy groups -OCH3 is 2. The Morgan fingerprint density at radius 1 is 1.00 bits per heavy atom. The van der Waals surface area contributed by atoms with E-state index in [-0.39, 0.29) is 13.2 Å². The van der Waals surface area contributed by atoms with Crippen LogP contribution in [-0.2, 0) is 16.1 Å². The molecule has 2 aromatic rings. The average Bonchev–Trinajstić information content (AvgIpc) is 2.75. The van der Waals surface area contributed by atoms with Crippen LogP contribution in [0.4, 0.5) is 0 Å². The van der Waals surface area contributed by atoms with Crippen LogP contribution in [0, 0.1) is 0 Å². The van der Waals surface area contributed by atoms with Crippen LogP contribution < -0.4 is 24.3 Å². The van der Waals surface area contributed by atoms with Gasteiger partial charge in [0, 0.05) is 21.7 Å². The Labute approximate surface area is 176 Å². The smallest absolute Gasteiger partial charge is 0.325 e. The van der Waals surface area contributed by atoms with E-state index >= 15 is 0 Å². The summed E-state index contributed by atoms with van der Waals surface area (Å²) in [5.74, 6) is 1.17. The molecule has 0 unspecified atom stereocenters. The van der Waals surface area contributed by atoms with Gasteiger partial charge in [-0.1, -0.05) is 15.9 Å². The van der Waals surface area contributed by atoms with Crippen molar-refractivity contribution in [1.82, 2.24) is 5.32 Å². The highest BCUT2D eigenvalue weighted by atomic mass is 79.9. The third kappa shape index (κ3) is 5.32. The highest BCUT2D eigenvalue weighted by molar-refractivity contribution is 9.10. The van der Waals surface area contributed by atoms with Crippen molar-refractivity contribution < 1.29 is 33.3 Å². The van der Waals surface area contributed by atoms with Crippen LogP contribution in [-0.4, -0.2) is 45.9 Å². The van der Waals surface area contributed by atoms with Crippen molar-refractivity contribution in [2.24, 2.45) is 0 Å². The molecule has 154 valence electrons. The maximum atomic E-state index is 12.3. The molecular weight excluding hydrogens is 446 g/mol. The van der Waals surface area contributed by atoms with Crippen LogP contribution in [0.1, 0.15) is 15.9 Å². The van der Waals surface area contributed by atoms with Gasteiger partial charge in [0.15, 0.2) is 11.5 Å². The molecule has 1 heterocycles. The molecule has 0 spiro atoms. The molecular formula is C20H20BrNO7. The van der Waals surface area contributed by atoms with E-state index in [1.165, 1.54) is 14.2 Å². The molecule has 0 aliphatic carbocycles. The summed E-state index contributed by atoms with van der Waals surface area (Å²) in [5.41, 5.74) is 1.04. The summed E-state index contributed by atoms with van der Waals surface area (Å²) in [5, 5.41) is 2.52. The minimum Gasteiger partial charge on any atom is -0.497 e. The van der Waals surface area contributed by atoms with Gasteiger partial charge < -0.3 is 29.0 Å². The van der Waals surface area contributed by atoms with Crippen LogP contribution >= 0.6 is 15.9 Å². The van der Waals surface area contributed by atoms with Crippen LogP contribution in [0.3, 0.4) is 0 Å².